The molecule has 4 aromatic rings. The van der Waals surface area contributed by atoms with Gasteiger partial charge in [0, 0.05) is 36.7 Å². The summed E-state index contributed by atoms with van der Waals surface area (Å²) in [4.78, 5) is 33.5. The van der Waals surface area contributed by atoms with Gasteiger partial charge in [0.05, 0.1) is 6.20 Å². The fraction of sp³-hybridized carbons (Fsp3) is 0.393. The molecule has 1 atom stereocenters. The molecule has 0 spiro atoms. The lowest BCUT2D eigenvalue weighted by atomic mass is 9.98. The summed E-state index contributed by atoms with van der Waals surface area (Å²) >= 11 is 0. The third kappa shape index (κ3) is 6.32. The predicted molar refractivity (Wildman–Crippen MR) is 141 cm³/mol. The number of aromatic nitrogens is 4. The van der Waals surface area contributed by atoms with E-state index in [0.717, 1.165) is 18.1 Å². The van der Waals surface area contributed by atoms with Crippen LogP contribution in [0.1, 0.15) is 61.1 Å². The topological polar surface area (TPSA) is 112 Å². The van der Waals surface area contributed by atoms with Gasteiger partial charge in [-0.3, -0.25) is 14.0 Å². The van der Waals surface area contributed by atoms with Crippen LogP contribution in [0.25, 0.3) is 17.0 Å². The molecule has 0 saturated heterocycles. The lowest BCUT2D eigenvalue weighted by Crippen LogP contribution is -2.47. The predicted octanol–water partition coefficient (Wildman–Crippen LogP) is 6.10. The largest absolute Gasteiger partial charge is 0.450 e. The minimum Gasteiger partial charge on any atom is -0.450 e. The lowest BCUT2D eigenvalue weighted by Gasteiger charge is -2.31. The molecule has 0 unspecified atom stereocenters. The number of hydrogen-bond donors (Lipinski definition) is 1. The average molecular weight is 558 g/mol. The molecule has 3 aromatic heterocycles. The van der Waals surface area contributed by atoms with E-state index in [-0.39, 0.29) is 36.4 Å². The second-order valence-electron chi connectivity index (χ2n) is 10.4. The molecule has 0 aliphatic carbocycles. The van der Waals surface area contributed by atoms with E-state index in [9.17, 15) is 22.8 Å². The van der Waals surface area contributed by atoms with Crippen molar-refractivity contribution in [1.82, 2.24) is 19.5 Å². The standard InChI is InChI=1S/C28H30F3N5O4/c1-16(2)12-24(37)39-27(5,28(29,30)31)10-8-23-34-25(35-40-23)19-7-6-18(4)20(14-19)33-26(38)21-15-32-22-13-17(3)9-11-36(21)22/h6-7,9,11,13-16H,8,10,12H2,1-5H3,(H,33,38)/t27-/m1/s1. The molecule has 0 bridgehead atoms. The van der Waals surface area contributed by atoms with Crippen molar-refractivity contribution in [3.05, 3.63) is 65.4 Å². The second-order valence-corrected chi connectivity index (χ2v) is 10.4. The molecule has 0 aliphatic heterocycles. The molecular weight excluding hydrogens is 527 g/mol. The summed E-state index contributed by atoms with van der Waals surface area (Å²) < 4.78 is 53.1. The maximum absolute atomic E-state index is 13.8. The summed E-state index contributed by atoms with van der Waals surface area (Å²) in [5.74, 6) is -1.34. The van der Waals surface area contributed by atoms with Crippen LogP contribution in [-0.2, 0) is 16.0 Å². The number of ether oxygens (including phenoxy) is 1. The molecule has 12 heteroatoms. The van der Waals surface area contributed by atoms with Crippen molar-refractivity contribution < 1.29 is 32.0 Å². The summed E-state index contributed by atoms with van der Waals surface area (Å²) in [6, 6.07) is 8.86. The number of amides is 1. The Morgan fingerprint density at radius 1 is 1.15 bits per heavy atom. The van der Waals surface area contributed by atoms with Crippen LogP contribution in [0.15, 0.2) is 47.2 Å². The number of carbonyl (C=O) groups excluding carboxylic acids is 2. The highest BCUT2D eigenvalue weighted by Gasteiger charge is 2.54. The van der Waals surface area contributed by atoms with Gasteiger partial charge in [-0.1, -0.05) is 31.1 Å². The van der Waals surface area contributed by atoms with Crippen molar-refractivity contribution >= 4 is 23.2 Å². The van der Waals surface area contributed by atoms with Crippen molar-refractivity contribution in [2.45, 2.75) is 65.7 Å². The zero-order chi connectivity index (χ0) is 29.2. The lowest BCUT2D eigenvalue weighted by molar-refractivity contribution is -0.266. The van der Waals surface area contributed by atoms with Crippen molar-refractivity contribution in [1.29, 1.82) is 0 Å². The maximum atomic E-state index is 13.8. The van der Waals surface area contributed by atoms with E-state index in [4.69, 9.17) is 9.26 Å². The summed E-state index contributed by atoms with van der Waals surface area (Å²) in [5.41, 5.74) is 1.07. The number of aryl methyl sites for hydroxylation is 3. The number of hydrogen-bond acceptors (Lipinski definition) is 7. The van der Waals surface area contributed by atoms with Crippen LogP contribution in [-0.4, -0.2) is 43.2 Å². The number of nitrogens with zero attached hydrogens (tertiary/aromatic N) is 4. The molecule has 0 radical (unpaired) electrons. The van der Waals surface area contributed by atoms with Crippen LogP contribution in [0.3, 0.4) is 0 Å². The van der Waals surface area contributed by atoms with E-state index >= 15 is 0 Å². The number of nitrogens with one attached hydrogen (secondary N) is 1. The van der Waals surface area contributed by atoms with Gasteiger partial charge in [-0.15, -0.1) is 0 Å². The van der Waals surface area contributed by atoms with E-state index < -0.39 is 24.2 Å². The van der Waals surface area contributed by atoms with E-state index in [1.165, 1.54) is 6.20 Å². The van der Waals surface area contributed by atoms with E-state index in [1.54, 1.807) is 42.6 Å². The number of alkyl halides is 3. The highest BCUT2D eigenvalue weighted by molar-refractivity contribution is 6.04. The number of esters is 1. The van der Waals surface area contributed by atoms with E-state index in [1.807, 2.05) is 26.0 Å². The number of carbonyl (C=O) groups is 2. The summed E-state index contributed by atoms with van der Waals surface area (Å²) in [6.07, 6.45) is -2.50. The monoisotopic (exact) mass is 557 g/mol. The van der Waals surface area contributed by atoms with Crippen LogP contribution in [0.2, 0.25) is 0 Å². The van der Waals surface area contributed by atoms with Crippen LogP contribution in [0.5, 0.6) is 0 Å². The average Bonchev–Trinajstić information content (AvgIpc) is 3.50. The van der Waals surface area contributed by atoms with Gasteiger partial charge < -0.3 is 14.6 Å². The molecule has 1 amide bonds. The summed E-state index contributed by atoms with van der Waals surface area (Å²) in [5, 5.41) is 6.77. The fourth-order valence-electron chi connectivity index (χ4n) is 4.03. The number of halogens is 3. The Kier molecular flexibility index (Phi) is 7.99. The Morgan fingerprint density at radius 3 is 2.60 bits per heavy atom. The first-order valence-corrected chi connectivity index (χ1v) is 12.7. The summed E-state index contributed by atoms with van der Waals surface area (Å²) in [6.45, 7) is 8.02. The first-order chi connectivity index (χ1) is 18.8. The van der Waals surface area contributed by atoms with Gasteiger partial charge in [-0.2, -0.15) is 18.2 Å². The Hall–Kier alpha value is -4.22. The highest BCUT2D eigenvalue weighted by atomic mass is 19.4. The van der Waals surface area contributed by atoms with Crippen molar-refractivity contribution in [2.75, 3.05) is 5.32 Å². The van der Waals surface area contributed by atoms with Crippen molar-refractivity contribution in [3.63, 3.8) is 0 Å². The second kappa shape index (κ2) is 11.1. The number of rotatable bonds is 9. The molecule has 40 heavy (non-hydrogen) atoms. The quantitative estimate of drug-likeness (QED) is 0.248. The number of pyridine rings is 1. The molecular formula is C28H30F3N5O4. The molecule has 3 heterocycles. The normalized spacial score (nSPS) is 13.4. The molecule has 1 N–H and O–H groups in total. The molecule has 9 nitrogen and oxygen atoms in total. The van der Waals surface area contributed by atoms with Crippen LogP contribution >= 0.6 is 0 Å². The fourth-order valence-corrected chi connectivity index (χ4v) is 4.03. The maximum Gasteiger partial charge on any atom is 0.428 e. The van der Waals surface area contributed by atoms with Crippen LogP contribution < -0.4 is 5.32 Å². The zero-order valence-corrected chi connectivity index (χ0v) is 22.8. The number of fused-ring (bicyclic) bond motifs is 1. The van der Waals surface area contributed by atoms with E-state index in [2.05, 4.69) is 20.4 Å². The third-order valence-corrected chi connectivity index (χ3v) is 6.44. The van der Waals surface area contributed by atoms with Gasteiger partial charge in [0.1, 0.15) is 11.3 Å². The number of benzene rings is 1. The molecule has 0 saturated carbocycles. The van der Waals surface area contributed by atoms with Gasteiger partial charge in [0.2, 0.25) is 17.3 Å². The Morgan fingerprint density at radius 2 is 1.90 bits per heavy atom. The van der Waals surface area contributed by atoms with Crippen LogP contribution in [0.4, 0.5) is 18.9 Å². The summed E-state index contributed by atoms with van der Waals surface area (Å²) in [7, 11) is 0. The Labute approximate surface area is 228 Å². The third-order valence-electron chi connectivity index (χ3n) is 6.44. The highest BCUT2D eigenvalue weighted by Crippen LogP contribution is 2.38. The van der Waals surface area contributed by atoms with Gasteiger partial charge in [-0.05, 0) is 56.0 Å². The van der Waals surface area contributed by atoms with Gasteiger partial charge in [-0.25, -0.2) is 4.98 Å². The number of anilines is 1. The first-order valence-electron chi connectivity index (χ1n) is 12.7. The van der Waals surface area contributed by atoms with Gasteiger partial charge in [0.25, 0.3) is 5.91 Å². The van der Waals surface area contributed by atoms with Gasteiger partial charge in [0.15, 0.2) is 0 Å². The Bertz CT molecular complexity index is 1540. The number of imidazole rings is 1. The zero-order valence-electron chi connectivity index (χ0n) is 22.8. The van der Waals surface area contributed by atoms with Crippen molar-refractivity contribution in [3.8, 4) is 11.4 Å². The van der Waals surface area contributed by atoms with Crippen LogP contribution in [0, 0.1) is 19.8 Å². The SMILES string of the molecule is Cc1ccn2c(C(=O)Nc3cc(-c4noc(CC[C@@](C)(OC(=O)CC(C)C)C(F)(F)F)n4)ccc3C)cnc2c1. The van der Waals surface area contributed by atoms with E-state index in [0.29, 0.717) is 22.6 Å². The molecule has 0 fully saturated rings. The van der Waals surface area contributed by atoms with Gasteiger partial charge >= 0.3 is 12.1 Å². The molecule has 0 aliphatic rings. The van der Waals surface area contributed by atoms with Crippen molar-refractivity contribution in [2.24, 2.45) is 5.92 Å². The molecule has 1 aromatic carbocycles. The smallest absolute Gasteiger partial charge is 0.428 e. The Balaban J connectivity index is 1.49. The first kappa shape index (κ1) is 28.8. The minimum absolute atomic E-state index is 0.0439. The molecule has 4 rings (SSSR count). The molecule has 212 valence electrons. The minimum atomic E-state index is -4.79.